The van der Waals surface area contributed by atoms with Gasteiger partial charge in [-0.1, -0.05) is 12.8 Å². The lowest BCUT2D eigenvalue weighted by atomic mass is 10.1. The van der Waals surface area contributed by atoms with Gasteiger partial charge in [-0.3, -0.25) is 9.59 Å². The van der Waals surface area contributed by atoms with Crippen molar-refractivity contribution in [3.8, 4) is 5.88 Å². The molecule has 0 radical (unpaired) electrons. The Morgan fingerprint density at radius 1 is 1.42 bits per heavy atom. The third kappa shape index (κ3) is 2.94. The molecule has 7 nitrogen and oxygen atoms in total. The van der Waals surface area contributed by atoms with Crippen molar-refractivity contribution in [2.75, 3.05) is 7.11 Å². The molecular weight excluding hydrogens is 334 g/mol. The lowest BCUT2D eigenvalue weighted by Gasteiger charge is -2.22. The summed E-state index contributed by atoms with van der Waals surface area (Å²) in [6.45, 7) is 0.744. The minimum atomic E-state index is -0.323. The Morgan fingerprint density at radius 2 is 2.23 bits per heavy atom. The van der Waals surface area contributed by atoms with E-state index in [1.165, 1.54) is 26.2 Å². The Kier molecular flexibility index (Phi) is 4.36. The number of hydrogen-bond donors (Lipinski definition) is 1. The molecule has 1 N–H and O–H groups in total. The molecule has 2 aliphatic rings. The molecule has 0 unspecified atom stereocenters. The molecular formula is C19H21N3O4. The molecule has 0 aromatic carbocycles. The summed E-state index contributed by atoms with van der Waals surface area (Å²) in [6.07, 6.45) is 5.91. The number of amides is 2. The summed E-state index contributed by atoms with van der Waals surface area (Å²) in [4.78, 5) is 31.3. The number of furan rings is 1. The molecule has 0 bridgehead atoms. The Morgan fingerprint density at radius 3 is 2.92 bits per heavy atom. The molecule has 0 spiro atoms. The molecule has 3 heterocycles. The zero-order valence-electron chi connectivity index (χ0n) is 14.7. The first-order chi connectivity index (χ1) is 12.7. The van der Waals surface area contributed by atoms with E-state index in [0.29, 0.717) is 29.6 Å². The average molecular weight is 355 g/mol. The van der Waals surface area contributed by atoms with E-state index in [9.17, 15) is 9.59 Å². The number of ether oxygens (including phenoxy) is 1. The van der Waals surface area contributed by atoms with Crippen LogP contribution in [0.3, 0.4) is 0 Å². The second-order valence-corrected chi connectivity index (χ2v) is 6.68. The van der Waals surface area contributed by atoms with Gasteiger partial charge in [0.1, 0.15) is 0 Å². The first-order valence-corrected chi connectivity index (χ1v) is 8.87. The van der Waals surface area contributed by atoms with Crippen molar-refractivity contribution in [1.29, 1.82) is 0 Å². The molecule has 1 aliphatic carbocycles. The van der Waals surface area contributed by atoms with Crippen LogP contribution in [0.1, 0.15) is 57.9 Å². The van der Waals surface area contributed by atoms with Gasteiger partial charge < -0.3 is 19.4 Å². The molecule has 2 aromatic heterocycles. The van der Waals surface area contributed by atoms with Gasteiger partial charge in [-0.05, 0) is 31.0 Å². The molecule has 1 aliphatic heterocycles. The Labute approximate surface area is 151 Å². The second-order valence-electron chi connectivity index (χ2n) is 6.68. The zero-order chi connectivity index (χ0) is 18.1. The number of rotatable bonds is 5. The van der Waals surface area contributed by atoms with Crippen LogP contribution in [0.2, 0.25) is 0 Å². The van der Waals surface area contributed by atoms with Crippen molar-refractivity contribution in [3.05, 3.63) is 47.0 Å². The van der Waals surface area contributed by atoms with Crippen LogP contribution >= 0.6 is 0 Å². The maximum absolute atomic E-state index is 12.8. The second kappa shape index (κ2) is 6.82. The summed E-state index contributed by atoms with van der Waals surface area (Å²) in [6, 6.07) is 5.35. The maximum atomic E-state index is 12.8. The largest absolute Gasteiger partial charge is 0.481 e. The van der Waals surface area contributed by atoms with E-state index in [2.05, 4.69) is 10.3 Å². The van der Waals surface area contributed by atoms with E-state index in [1.54, 1.807) is 18.2 Å². The minimum absolute atomic E-state index is 0.0284. The summed E-state index contributed by atoms with van der Waals surface area (Å²) < 4.78 is 10.5. The number of carbonyl (C=O) groups is 2. The number of fused-ring (bicyclic) bond motifs is 1. The molecule has 136 valence electrons. The normalized spacial score (nSPS) is 16.8. The number of pyridine rings is 1. The van der Waals surface area contributed by atoms with Crippen LogP contribution in [0, 0.1) is 0 Å². The van der Waals surface area contributed by atoms with Crippen LogP contribution in [0.25, 0.3) is 0 Å². The standard InChI is InChI=1S/C19H21N3O4/c1-25-18-12(10-20-17(23)16-7-4-8-26-16)9-14-15(21-18)11-22(19(14)24)13-5-2-3-6-13/h4,7-9,13H,2-3,5-6,10-11H2,1H3,(H,20,23). The topological polar surface area (TPSA) is 84.7 Å². The Balaban J connectivity index is 1.54. The van der Waals surface area contributed by atoms with Gasteiger partial charge in [0, 0.05) is 18.2 Å². The van der Waals surface area contributed by atoms with Crippen molar-refractivity contribution < 1.29 is 18.7 Å². The molecule has 0 atom stereocenters. The first-order valence-electron chi connectivity index (χ1n) is 8.87. The van der Waals surface area contributed by atoms with Gasteiger partial charge in [-0.2, -0.15) is 0 Å². The third-order valence-electron chi connectivity index (χ3n) is 5.10. The van der Waals surface area contributed by atoms with Crippen molar-refractivity contribution in [1.82, 2.24) is 15.2 Å². The number of aromatic nitrogens is 1. The van der Waals surface area contributed by atoms with Gasteiger partial charge >= 0.3 is 0 Å². The van der Waals surface area contributed by atoms with E-state index in [4.69, 9.17) is 9.15 Å². The van der Waals surface area contributed by atoms with E-state index in [0.717, 1.165) is 18.5 Å². The quantitative estimate of drug-likeness (QED) is 0.891. The highest BCUT2D eigenvalue weighted by atomic mass is 16.5. The van der Waals surface area contributed by atoms with E-state index < -0.39 is 0 Å². The molecule has 1 fully saturated rings. The summed E-state index contributed by atoms with van der Waals surface area (Å²) in [5.41, 5.74) is 2.03. The zero-order valence-corrected chi connectivity index (χ0v) is 14.7. The van der Waals surface area contributed by atoms with Crippen molar-refractivity contribution >= 4 is 11.8 Å². The van der Waals surface area contributed by atoms with Crippen molar-refractivity contribution in [2.24, 2.45) is 0 Å². The van der Waals surface area contributed by atoms with Crippen LogP contribution in [0.5, 0.6) is 5.88 Å². The van der Waals surface area contributed by atoms with E-state index >= 15 is 0 Å². The smallest absolute Gasteiger partial charge is 0.287 e. The fourth-order valence-corrected chi connectivity index (χ4v) is 3.75. The van der Waals surface area contributed by atoms with Gasteiger partial charge in [0.25, 0.3) is 11.8 Å². The summed E-state index contributed by atoms with van der Waals surface area (Å²) in [5, 5.41) is 2.77. The van der Waals surface area contributed by atoms with Crippen LogP contribution in [0.15, 0.2) is 28.9 Å². The van der Waals surface area contributed by atoms with Crippen molar-refractivity contribution in [2.45, 2.75) is 44.8 Å². The highest BCUT2D eigenvalue weighted by Crippen LogP contribution is 2.33. The third-order valence-corrected chi connectivity index (χ3v) is 5.10. The van der Waals surface area contributed by atoms with Crippen LogP contribution in [0.4, 0.5) is 0 Å². The van der Waals surface area contributed by atoms with Gasteiger partial charge in [0.05, 0.1) is 31.2 Å². The van der Waals surface area contributed by atoms with Gasteiger partial charge in [0.15, 0.2) is 5.76 Å². The Bertz CT molecular complexity index is 826. The molecule has 26 heavy (non-hydrogen) atoms. The lowest BCUT2D eigenvalue weighted by Crippen LogP contribution is -2.33. The van der Waals surface area contributed by atoms with Gasteiger partial charge in [0.2, 0.25) is 5.88 Å². The first kappa shape index (κ1) is 16.6. The molecule has 7 heteroatoms. The highest BCUT2D eigenvalue weighted by molar-refractivity contribution is 5.98. The van der Waals surface area contributed by atoms with Gasteiger partial charge in [-0.15, -0.1) is 0 Å². The average Bonchev–Trinajstić information content (AvgIpc) is 3.40. The number of nitrogens with zero attached hydrogens (tertiary/aromatic N) is 2. The molecule has 2 amide bonds. The van der Waals surface area contributed by atoms with Gasteiger partial charge in [-0.25, -0.2) is 4.98 Å². The van der Waals surface area contributed by atoms with Crippen molar-refractivity contribution in [3.63, 3.8) is 0 Å². The number of methoxy groups -OCH3 is 1. The molecule has 4 rings (SSSR count). The molecule has 0 saturated heterocycles. The van der Waals surface area contributed by atoms with Crippen LogP contribution < -0.4 is 10.1 Å². The minimum Gasteiger partial charge on any atom is -0.481 e. The lowest BCUT2D eigenvalue weighted by molar-refractivity contribution is 0.0706. The number of hydrogen-bond acceptors (Lipinski definition) is 5. The fraction of sp³-hybridized carbons (Fsp3) is 0.421. The maximum Gasteiger partial charge on any atom is 0.287 e. The van der Waals surface area contributed by atoms with Crippen LogP contribution in [-0.4, -0.2) is 34.8 Å². The number of nitrogens with one attached hydrogen (secondary N) is 1. The summed E-state index contributed by atoms with van der Waals surface area (Å²) in [7, 11) is 1.54. The van der Waals surface area contributed by atoms with E-state index in [1.807, 2.05) is 4.90 Å². The summed E-state index contributed by atoms with van der Waals surface area (Å²) in [5.74, 6) is 0.378. The predicted octanol–water partition coefficient (Wildman–Crippen LogP) is 2.51. The van der Waals surface area contributed by atoms with Crippen LogP contribution in [-0.2, 0) is 13.1 Å². The molecule has 1 saturated carbocycles. The predicted molar refractivity (Wildman–Crippen MR) is 92.8 cm³/mol. The van der Waals surface area contributed by atoms with E-state index in [-0.39, 0.29) is 24.1 Å². The number of carbonyl (C=O) groups excluding carboxylic acids is 2. The molecule has 2 aromatic rings. The Hall–Kier alpha value is -2.83. The monoisotopic (exact) mass is 355 g/mol. The fourth-order valence-electron chi connectivity index (χ4n) is 3.75. The SMILES string of the molecule is COc1nc2c(cc1CNC(=O)c1ccco1)C(=O)N(C1CCCC1)C2. The summed E-state index contributed by atoms with van der Waals surface area (Å²) >= 11 is 0. The highest BCUT2D eigenvalue weighted by Gasteiger charge is 2.35.